The number of fused-ring (bicyclic) bond motifs is 10. The van der Waals surface area contributed by atoms with Crippen molar-refractivity contribution in [3.05, 3.63) is 216 Å². The Morgan fingerprint density at radius 1 is 0.352 bits per heavy atom. The second-order valence-electron chi connectivity index (χ2n) is 14.1. The van der Waals surface area contributed by atoms with Crippen molar-refractivity contribution in [2.75, 3.05) is 0 Å². The van der Waals surface area contributed by atoms with Crippen molar-refractivity contribution < 1.29 is 0 Å². The number of aromatic nitrogens is 2. The van der Waals surface area contributed by atoms with E-state index >= 15 is 0 Å². The highest BCUT2D eigenvalue weighted by atomic mass is 32.2. The molecule has 0 N–H and O–H groups in total. The maximum atomic E-state index is 5.28. The number of nitrogens with zero attached hydrogens (tertiary/aromatic N) is 2. The number of hydrogen-bond donors (Lipinski definition) is 0. The van der Waals surface area contributed by atoms with Crippen LogP contribution in [0.3, 0.4) is 0 Å². The zero-order valence-corrected chi connectivity index (χ0v) is 30.1. The molecule has 1 aliphatic carbocycles. The van der Waals surface area contributed by atoms with Gasteiger partial charge >= 0.3 is 0 Å². The van der Waals surface area contributed by atoms with Gasteiger partial charge in [0.15, 0.2) is 5.82 Å². The fourth-order valence-corrected chi connectivity index (χ4v) is 9.96. The van der Waals surface area contributed by atoms with E-state index in [-0.39, 0.29) is 0 Å². The van der Waals surface area contributed by atoms with Gasteiger partial charge in [-0.3, -0.25) is 0 Å². The topological polar surface area (TPSA) is 25.8 Å². The monoisotopic (exact) mass is 704 g/mol. The minimum atomic E-state index is -0.448. The summed E-state index contributed by atoms with van der Waals surface area (Å²) in [6.45, 7) is 0. The highest BCUT2D eigenvalue weighted by Gasteiger charge is 2.50. The van der Waals surface area contributed by atoms with Crippen molar-refractivity contribution in [3.8, 4) is 56.2 Å². The molecule has 0 bridgehead atoms. The summed E-state index contributed by atoms with van der Waals surface area (Å²) in [5.41, 5.74) is 14.7. The van der Waals surface area contributed by atoms with Crippen LogP contribution in [-0.2, 0) is 5.41 Å². The maximum absolute atomic E-state index is 5.28. The molecule has 2 aliphatic rings. The van der Waals surface area contributed by atoms with Crippen molar-refractivity contribution in [1.29, 1.82) is 0 Å². The Morgan fingerprint density at radius 2 is 0.907 bits per heavy atom. The Labute approximate surface area is 318 Å². The molecule has 0 saturated carbocycles. The summed E-state index contributed by atoms with van der Waals surface area (Å²) >= 11 is 1.87. The molecule has 0 saturated heterocycles. The van der Waals surface area contributed by atoms with Crippen LogP contribution in [0.2, 0.25) is 0 Å². The third-order valence-corrected chi connectivity index (χ3v) is 12.3. The zero-order valence-electron chi connectivity index (χ0n) is 29.3. The smallest absolute Gasteiger partial charge is 0.160 e. The maximum Gasteiger partial charge on any atom is 0.160 e. The van der Waals surface area contributed by atoms with Gasteiger partial charge in [0, 0.05) is 26.5 Å². The average Bonchev–Trinajstić information content (AvgIpc) is 3.53. The molecule has 1 aliphatic heterocycles. The van der Waals surface area contributed by atoms with Gasteiger partial charge in [-0.1, -0.05) is 182 Å². The Morgan fingerprint density at radius 3 is 1.69 bits per heavy atom. The van der Waals surface area contributed by atoms with Gasteiger partial charge in [0.25, 0.3) is 0 Å². The summed E-state index contributed by atoms with van der Waals surface area (Å²) in [6, 6.07) is 70.2. The van der Waals surface area contributed by atoms with Gasteiger partial charge in [-0.05, 0) is 79.5 Å². The van der Waals surface area contributed by atoms with E-state index in [0.717, 1.165) is 28.1 Å². The summed E-state index contributed by atoms with van der Waals surface area (Å²) in [5, 5.41) is 2.49. The van der Waals surface area contributed by atoms with Crippen LogP contribution in [0.5, 0.6) is 0 Å². The number of rotatable bonds is 4. The standard InChI is InChI=1S/C51H32N2S/c1-2-14-36(15-3-1)50-52-46(35-27-25-34(26-28-35)39-19-12-16-33-13-4-5-17-38(33)39)32-47(53-50)37-29-30-41-40-18-6-7-20-42(40)51(45(41)31-37)43-21-8-10-23-48(43)54-49-24-11-9-22-44(49)51/h1-32H. The van der Waals surface area contributed by atoms with Crippen molar-refractivity contribution in [2.24, 2.45) is 0 Å². The summed E-state index contributed by atoms with van der Waals surface area (Å²) in [6.07, 6.45) is 0. The first-order valence-electron chi connectivity index (χ1n) is 18.4. The lowest BCUT2D eigenvalue weighted by Crippen LogP contribution is -2.31. The summed E-state index contributed by atoms with van der Waals surface area (Å²) in [5.74, 6) is 0.712. The van der Waals surface area contributed by atoms with Gasteiger partial charge in [-0.25, -0.2) is 9.97 Å². The molecule has 9 aromatic rings. The minimum Gasteiger partial charge on any atom is -0.228 e. The highest BCUT2D eigenvalue weighted by molar-refractivity contribution is 7.99. The van der Waals surface area contributed by atoms with Crippen LogP contribution in [0.15, 0.2) is 204 Å². The van der Waals surface area contributed by atoms with Crippen LogP contribution in [0.4, 0.5) is 0 Å². The molecule has 11 rings (SSSR count). The molecule has 54 heavy (non-hydrogen) atoms. The molecule has 1 aromatic heterocycles. The van der Waals surface area contributed by atoms with E-state index in [1.807, 2.05) is 17.8 Å². The van der Waals surface area contributed by atoms with Gasteiger partial charge in [-0.15, -0.1) is 0 Å². The fourth-order valence-electron chi connectivity index (χ4n) is 8.77. The Hall–Kier alpha value is -6.55. The lowest BCUT2D eigenvalue weighted by atomic mass is 9.67. The molecule has 0 amide bonds. The predicted octanol–water partition coefficient (Wildman–Crippen LogP) is 13.1. The van der Waals surface area contributed by atoms with Crippen molar-refractivity contribution >= 4 is 22.5 Å². The third-order valence-electron chi connectivity index (χ3n) is 11.2. The van der Waals surface area contributed by atoms with Crippen LogP contribution in [0.1, 0.15) is 22.3 Å². The normalized spacial score (nSPS) is 13.3. The van der Waals surface area contributed by atoms with Crippen molar-refractivity contribution in [2.45, 2.75) is 15.2 Å². The molecule has 2 nitrogen and oxygen atoms in total. The Bertz CT molecular complexity index is 2860. The van der Waals surface area contributed by atoms with Crippen LogP contribution < -0.4 is 0 Å². The van der Waals surface area contributed by atoms with Crippen LogP contribution >= 0.6 is 11.8 Å². The first-order chi connectivity index (χ1) is 26.8. The van der Waals surface area contributed by atoms with Crippen molar-refractivity contribution in [3.63, 3.8) is 0 Å². The van der Waals surface area contributed by atoms with E-state index in [1.165, 1.54) is 65.1 Å². The van der Waals surface area contributed by atoms with Crippen LogP contribution in [0.25, 0.3) is 66.9 Å². The van der Waals surface area contributed by atoms with E-state index in [0.29, 0.717) is 5.82 Å². The second kappa shape index (κ2) is 12.3. The first-order valence-corrected chi connectivity index (χ1v) is 19.2. The molecule has 252 valence electrons. The molecular weight excluding hydrogens is 673 g/mol. The summed E-state index contributed by atoms with van der Waals surface area (Å²) < 4.78 is 0. The molecular formula is C51H32N2S. The van der Waals surface area contributed by atoms with Gasteiger partial charge < -0.3 is 0 Å². The highest BCUT2D eigenvalue weighted by Crippen LogP contribution is 2.62. The zero-order chi connectivity index (χ0) is 35.6. The second-order valence-corrected chi connectivity index (χ2v) is 15.2. The lowest BCUT2D eigenvalue weighted by Gasteiger charge is -2.39. The third kappa shape index (κ3) is 4.68. The molecule has 8 aromatic carbocycles. The molecule has 0 radical (unpaired) electrons. The van der Waals surface area contributed by atoms with Gasteiger partial charge in [-0.2, -0.15) is 0 Å². The van der Waals surface area contributed by atoms with E-state index in [1.54, 1.807) is 0 Å². The van der Waals surface area contributed by atoms with Gasteiger partial charge in [0.2, 0.25) is 0 Å². The van der Waals surface area contributed by atoms with Crippen LogP contribution in [0, 0.1) is 0 Å². The summed E-state index contributed by atoms with van der Waals surface area (Å²) in [4.78, 5) is 13.1. The fraction of sp³-hybridized carbons (Fsp3) is 0.0196. The molecule has 2 heterocycles. The summed E-state index contributed by atoms with van der Waals surface area (Å²) in [7, 11) is 0. The van der Waals surface area contributed by atoms with E-state index in [9.17, 15) is 0 Å². The molecule has 0 unspecified atom stereocenters. The largest absolute Gasteiger partial charge is 0.228 e. The SMILES string of the molecule is c1ccc(-c2nc(-c3ccc(-c4cccc5ccccc45)cc3)cc(-c3ccc4c(c3)C3(c5ccccc5Sc5ccccc53)c3ccccc3-4)n2)cc1. The first kappa shape index (κ1) is 31.0. The Balaban J connectivity index is 1.10. The van der Waals surface area contributed by atoms with E-state index in [2.05, 4.69) is 188 Å². The molecule has 0 atom stereocenters. The number of hydrogen-bond acceptors (Lipinski definition) is 3. The molecule has 0 fully saturated rings. The molecule has 1 spiro atoms. The van der Waals surface area contributed by atoms with Gasteiger partial charge in [0.05, 0.1) is 16.8 Å². The average molecular weight is 705 g/mol. The predicted molar refractivity (Wildman–Crippen MR) is 223 cm³/mol. The molecule has 3 heteroatoms. The van der Waals surface area contributed by atoms with E-state index < -0.39 is 5.41 Å². The Kier molecular flexibility index (Phi) is 7.05. The van der Waals surface area contributed by atoms with Gasteiger partial charge in [0.1, 0.15) is 0 Å². The lowest BCUT2D eigenvalue weighted by molar-refractivity contribution is 0.722. The minimum absolute atomic E-state index is 0.448. The van der Waals surface area contributed by atoms with Crippen molar-refractivity contribution in [1.82, 2.24) is 9.97 Å². The quantitative estimate of drug-likeness (QED) is 0.182. The number of benzene rings is 8. The van der Waals surface area contributed by atoms with Crippen LogP contribution in [-0.4, -0.2) is 9.97 Å². The van der Waals surface area contributed by atoms with E-state index in [4.69, 9.17) is 9.97 Å².